The largest absolute Gasteiger partial charge is 0.471 e. The van der Waals surface area contributed by atoms with Gasteiger partial charge in [-0.1, -0.05) is 17.7 Å². The lowest BCUT2D eigenvalue weighted by molar-refractivity contribution is -0.167. The molecular formula is C20H18ClF3N6O. The van der Waals surface area contributed by atoms with Crippen LogP contribution in [0.15, 0.2) is 30.7 Å². The normalized spacial score (nSPS) is 13.8. The predicted octanol–water partition coefficient (Wildman–Crippen LogP) is 4.13. The molecule has 7 nitrogen and oxygen atoms in total. The van der Waals surface area contributed by atoms with Crippen LogP contribution in [0, 0.1) is 13.8 Å². The number of anilines is 2. The van der Waals surface area contributed by atoms with Gasteiger partial charge in [0.2, 0.25) is 0 Å². The molecule has 0 aliphatic carbocycles. The number of alkyl halides is 3. The highest BCUT2D eigenvalue weighted by atomic mass is 35.5. The van der Waals surface area contributed by atoms with E-state index in [2.05, 4.69) is 15.0 Å². The fourth-order valence-electron chi connectivity index (χ4n) is 3.47. The highest BCUT2D eigenvalue weighted by Gasteiger charge is 2.39. The third-order valence-electron chi connectivity index (χ3n) is 4.94. The molecule has 0 spiro atoms. The molecule has 0 unspecified atom stereocenters. The van der Waals surface area contributed by atoms with Crippen molar-refractivity contribution in [2.75, 3.05) is 16.8 Å². The molecule has 0 aromatic carbocycles. The average molecular weight is 451 g/mol. The zero-order valence-corrected chi connectivity index (χ0v) is 17.4. The van der Waals surface area contributed by atoms with Crippen molar-refractivity contribution in [2.24, 2.45) is 0 Å². The number of amides is 1. The van der Waals surface area contributed by atoms with Crippen molar-refractivity contribution in [1.29, 1.82) is 0 Å². The Morgan fingerprint density at radius 3 is 2.65 bits per heavy atom. The smallest absolute Gasteiger partial charge is 0.347 e. The number of aromatic nitrogens is 4. The quantitative estimate of drug-likeness (QED) is 0.649. The summed E-state index contributed by atoms with van der Waals surface area (Å²) >= 11 is 6.38. The number of pyridine rings is 2. The second kappa shape index (κ2) is 7.84. The van der Waals surface area contributed by atoms with Crippen LogP contribution < -0.4 is 10.2 Å². The van der Waals surface area contributed by atoms with Crippen molar-refractivity contribution in [3.63, 3.8) is 0 Å². The second-order valence-corrected chi connectivity index (χ2v) is 7.72. The van der Waals surface area contributed by atoms with Crippen molar-refractivity contribution in [3.05, 3.63) is 52.7 Å². The van der Waals surface area contributed by atoms with E-state index in [1.54, 1.807) is 22.3 Å². The van der Waals surface area contributed by atoms with Crippen LogP contribution in [0.5, 0.6) is 0 Å². The van der Waals surface area contributed by atoms with Crippen molar-refractivity contribution < 1.29 is 18.0 Å². The molecule has 1 aliphatic heterocycles. The third kappa shape index (κ3) is 4.34. The first-order valence-corrected chi connectivity index (χ1v) is 9.78. The van der Waals surface area contributed by atoms with E-state index >= 15 is 0 Å². The molecule has 1 aliphatic rings. The summed E-state index contributed by atoms with van der Waals surface area (Å²) in [5, 5.41) is 2.26. The van der Waals surface area contributed by atoms with Crippen LogP contribution in [-0.4, -0.2) is 38.1 Å². The third-order valence-corrected chi connectivity index (χ3v) is 5.24. The number of halogens is 4. The van der Waals surface area contributed by atoms with E-state index in [-0.39, 0.29) is 5.82 Å². The zero-order chi connectivity index (χ0) is 22.3. The minimum Gasteiger partial charge on any atom is -0.347 e. The molecule has 0 radical (unpaired) electrons. The summed E-state index contributed by atoms with van der Waals surface area (Å²) in [7, 11) is 0. The van der Waals surface area contributed by atoms with Gasteiger partial charge in [0.05, 0.1) is 17.3 Å². The van der Waals surface area contributed by atoms with E-state index in [1.165, 1.54) is 6.20 Å². The lowest BCUT2D eigenvalue weighted by atomic mass is 10.1. The van der Waals surface area contributed by atoms with Crippen LogP contribution in [0.25, 0.3) is 11.3 Å². The molecule has 0 saturated carbocycles. The van der Waals surface area contributed by atoms with Gasteiger partial charge in [0.25, 0.3) is 0 Å². The Morgan fingerprint density at radius 1 is 1.16 bits per heavy atom. The molecule has 11 heteroatoms. The van der Waals surface area contributed by atoms with Crippen molar-refractivity contribution in [2.45, 2.75) is 33.1 Å². The first-order chi connectivity index (χ1) is 14.6. The summed E-state index contributed by atoms with van der Waals surface area (Å²) in [6.45, 7) is 5.27. The van der Waals surface area contributed by atoms with Gasteiger partial charge in [0.1, 0.15) is 11.6 Å². The SMILES string of the molecule is Cc1cnc(-c2cc(N3CCn4cc(NC(=O)C(F)(F)F)nc4C3)ncc2Cl)c(C)c1. The van der Waals surface area contributed by atoms with Crippen LogP contribution in [-0.2, 0) is 17.9 Å². The molecule has 1 N–H and O–H groups in total. The highest BCUT2D eigenvalue weighted by molar-refractivity contribution is 6.33. The number of carbonyl (C=O) groups excluding carboxylic acids is 1. The van der Waals surface area contributed by atoms with Crippen LogP contribution in [0.2, 0.25) is 5.02 Å². The minimum absolute atomic E-state index is 0.136. The lowest BCUT2D eigenvalue weighted by Gasteiger charge is -2.28. The Labute approximate surface area is 180 Å². The molecule has 0 fully saturated rings. The number of nitrogens with one attached hydrogen (secondary N) is 1. The Hall–Kier alpha value is -3.14. The zero-order valence-electron chi connectivity index (χ0n) is 16.7. The van der Waals surface area contributed by atoms with E-state index in [4.69, 9.17) is 11.6 Å². The van der Waals surface area contributed by atoms with E-state index in [0.717, 1.165) is 22.4 Å². The molecule has 0 atom stereocenters. The number of nitrogens with zero attached hydrogens (tertiary/aromatic N) is 5. The monoisotopic (exact) mass is 450 g/mol. The lowest BCUT2D eigenvalue weighted by Crippen LogP contribution is -2.34. The number of carbonyl (C=O) groups is 1. The van der Waals surface area contributed by atoms with E-state index in [1.807, 2.05) is 30.9 Å². The number of rotatable bonds is 3. The van der Waals surface area contributed by atoms with Gasteiger partial charge in [-0.05, 0) is 31.0 Å². The van der Waals surface area contributed by atoms with Crippen LogP contribution in [0.1, 0.15) is 17.0 Å². The number of fused-ring (bicyclic) bond motifs is 1. The molecule has 3 aromatic rings. The van der Waals surface area contributed by atoms with Crippen LogP contribution in [0.4, 0.5) is 24.8 Å². The number of hydrogen-bond acceptors (Lipinski definition) is 5. The van der Waals surface area contributed by atoms with Gasteiger partial charge in [-0.25, -0.2) is 9.97 Å². The molecule has 0 saturated heterocycles. The van der Waals surface area contributed by atoms with E-state index < -0.39 is 12.1 Å². The van der Waals surface area contributed by atoms with Crippen molar-refractivity contribution in [1.82, 2.24) is 19.5 Å². The number of hydrogen-bond donors (Lipinski definition) is 1. The fraction of sp³-hybridized carbons (Fsp3) is 0.300. The molecule has 31 heavy (non-hydrogen) atoms. The van der Waals surface area contributed by atoms with Crippen LogP contribution >= 0.6 is 11.6 Å². The minimum atomic E-state index is -4.97. The van der Waals surface area contributed by atoms with Gasteiger partial charge in [0.15, 0.2) is 5.82 Å². The Bertz CT molecular complexity index is 1160. The topological polar surface area (TPSA) is 75.9 Å². The molecule has 4 heterocycles. The first-order valence-electron chi connectivity index (χ1n) is 9.40. The predicted molar refractivity (Wildman–Crippen MR) is 110 cm³/mol. The molecule has 4 rings (SSSR count). The summed E-state index contributed by atoms with van der Waals surface area (Å²) in [6.07, 6.45) is -0.241. The first kappa shape index (κ1) is 21.1. The van der Waals surface area contributed by atoms with Gasteiger partial charge in [-0.15, -0.1) is 0 Å². The van der Waals surface area contributed by atoms with Crippen LogP contribution in [0.3, 0.4) is 0 Å². The standard InChI is InChI=1S/C20H18ClF3N6O/c1-11-5-12(2)18(26-7-11)13-6-16(25-8-14(13)21)30-4-3-29-9-15(27-17(29)10-30)28-19(31)20(22,23)24/h5-9H,3-4,10H2,1-2H3,(H,28,31). The number of imidazole rings is 1. The summed E-state index contributed by atoms with van der Waals surface area (Å²) in [6, 6.07) is 3.87. The fourth-order valence-corrected chi connectivity index (χ4v) is 3.67. The Morgan fingerprint density at radius 2 is 1.94 bits per heavy atom. The van der Waals surface area contributed by atoms with E-state index in [0.29, 0.717) is 36.3 Å². The molecule has 162 valence electrons. The maximum Gasteiger partial charge on any atom is 0.471 e. The summed E-state index contributed by atoms with van der Waals surface area (Å²) in [4.78, 5) is 26.1. The Balaban J connectivity index is 1.58. The highest BCUT2D eigenvalue weighted by Crippen LogP contribution is 2.32. The average Bonchev–Trinajstić information content (AvgIpc) is 3.09. The molecular weight excluding hydrogens is 433 g/mol. The van der Waals surface area contributed by atoms with Crippen molar-refractivity contribution in [3.8, 4) is 11.3 Å². The van der Waals surface area contributed by atoms with E-state index in [9.17, 15) is 18.0 Å². The number of aryl methyl sites for hydroxylation is 2. The summed E-state index contributed by atoms with van der Waals surface area (Å²) in [5.41, 5.74) is 3.53. The maximum absolute atomic E-state index is 12.5. The maximum atomic E-state index is 12.5. The van der Waals surface area contributed by atoms with Gasteiger partial charge in [-0.3, -0.25) is 9.78 Å². The molecule has 0 bridgehead atoms. The van der Waals surface area contributed by atoms with Gasteiger partial charge < -0.3 is 14.8 Å². The van der Waals surface area contributed by atoms with Gasteiger partial charge in [0, 0.05) is 37.2 Å². The molecule has 1 amide bonds. The van der Waals surface area contributed by atoms with Crippen molar-refractivity contribution >= 4 is 29.1 Å². The summed E-state index contributed by atoms with van der Waals surface area (Å²) in [5.74, 6) is -1.02. The van der Waals surface area contributed by atoms with Gasteiger partial charge >= 0.3 is 12.1 Å². The molecule has 3 aromatic heterocycles. The Kier molecular flexibility index (Phi) is 5.34. The second-order valence-electron chi connectivity index (χ2n) is 7.31. The summed E-state index contributed by atoms with van der Waals surface area (Å²) < 4.78 is 39.2. The van der Waals surface area contributed by atoms with Gasteiger partial charge in [-0.2, -0.15) is 13.2 Å².